The van der Waals surface area contributed by atoms with Crippen LogP contribution in [-0.4, -0.2) is 18.0 Å². The van der Waals surface area contributed by atoms with Crippen molar-refractivity contribution in [2.24, 2.45) is 0 Å². The minimum Gasteiger partial charge on any atom is -0.282 e. The predicted molar refractivity (Wildman–Crippen MR) is 38.1 cm³/mol. The Labute approximate surface area is 76.5 Å². The van der Waals surface area contributed by atoms with Gasteiger partial charge in [0.25, 0.3) is 0 Å². The van der Waals surface area contributed by atoms with Gasteiger partial charge in [-0.1, -0.05) is 0 Å². The molecule has 0 spiro atoms. The lowest BCUT2D eigenvalue weighted by Gasteiger charge is -2.21. The maximum absolute atomic E-state index is 13.1. The molecule has 1 radical (unpaired) electrons. The molecule has 0 aromatic carbocycles. The van der Waals surface area contributed by atoms with Crippen LogP contribution in [0.1, 0.15) is 0 Å². The van der Waals surface area contributed by atoms with Gasteiger partial charge in [-0.3, -0.25) is 4.55 Å². The van der Waals surface area contributed by atoms with Gasteiger partial charge in [-0.15, -0.1) is 0 Å². The fourth-order valence-corrected chi connectivity index (χ4v) is 1.46. The van der Waals surface area contributed by atoms with Crippen molar-refractivity contribution in [3.8, 4) is 0 Å². The number of rotatable bonds is 1. The molecule has 1 rings (SSSR count). The smallest absolute Gasteiger partial charge is 0.282 e. The summed E-state index contributed by atoms with van der Waals surface area (Å²) in [6.45, 7) is 0. The zero-order chi connectivity index (χ0) is 11.1. The van der Waals surface area contributed by atoms with Crippen LogP contribution < -0.4 is 0 Å². The van der Waals surface area contributed by atoms with E-state index in [4.69, 9.17) is 4.55 Å². The highest BCUT2D eigenvalue weighted by Gasteiger charge is 2.56. The van der Waals surface area contributed by atoms with Gasteiger partial charge < -0.3 is 0 Å². The van der Waals surface area contributed by atoms with Crippen LogP contribution in [0, 0.1) is 6.42 Å². The Morgan fingerprint density at radius 2 is 1.79 bits per heavy atom. The summed E-state index contributed by atoms with van der Waals surface area (Å²) in [7, 11) is -5.76. The second-order valence-corrected chi connectivity index (χ2v) is 3.93. The molecule has 0 saturated heterocycles. The maximum atomic E-state index is 13.1. The second kappa shape index (κ2) is 3.06. The van der Waals surface area contributed by atoms with Crippen LogP contribution in [0.3, 0.4) is 0 Å². The molecule has 0 saturated carbocycles. The zero-order valence-electron chi connectivity index (χ0n) is 6.34. The van der Waals surface area contributed by atoms with E-state index in [0.717, 1.165) is 0 Å². The molecular formula is C6H3F4O3S. The van der Waals surface area contributed by atoms with Gasteiger partial charge >= 0.3 is 15.1 Å². The van der Waals surface area contributed by atoms with Crippen LogP contribution in [0.15, 0.2) is 23.6 Å². The minimum absolute atomic E-state index is 0.0756. The third-order valence-corrected chi connectivity index (χ3v) is 2.62. The molecule has 0 aromatic rings. The van der Waals surface area contributed by atoms with Crippen molar-refractivity contribution >= 4 is 10.1 Å². The molecule has 0 aromatic heterocycles. The van der Waals surface area contributed by atoms with E-state index in [1.807, 2.05) is 0 Å². The summed E-state index contributed by atoms with van der Waals surface area (Å²) in [4.78, 5) is 0. The first kappa shape index (κ1) is 11.2. The molecule has 14 heavy (non-hydrogen) atoms. The Bertz CT molecular complexity index is 424. The first-order valence-electron chi connectivity index (χ1n) is 3.14. The van der Waals surface area contributed by atoms with E-state index in [0.29, 0.717) is 0 Å². The normalized spacial score (nSPS) is 29.1. The Kier molecular flexibility index (Phi) is 2.44. The van der Waals surface area contributed by atoms with Crippen molar-refractivity contribution in [2.75, 3.05) is 0 Å². The number of alkyl halides is 1. The van der Waals surface area contributed by atoms with E-state index >= 15 is 0 Å². The van der Waals surface area contributed by atoms with Crippen LogP contribution >= 0.6 is 0 Å². The van der Waals surface area contributed by atoms with Gasteiger partial charge in [-0.25, -0.2) is 17.6 Å². The number of hydrogen-bond donors (Lipinski definition) is 1. The van der Waals surface area contributed by atoms with E-state index in [1.54, 1.807) is 0 Å². The van der Waals surface area contributed by atoms with Gasteiger partial charge in [0.1, 0.15) is 5.83 Å². The first-order valence-corrected chi connectivity index (χ1v) is 4.58. The summed E-state index contributed by atoms with van der Waals surface area (Å²) in [5.74, 6) is -6.56. The van der Waals surface area contributed by atoms with E-state index in [-0.39, 0.29) is 12.5 Å². The molecule has 8 heteroatoms. The Hall–Kier alpha value is -0.890. The fourth-order valence-electron chi connectivity index (χ4n) is 0.822. The summed E-state index contributed by atoms with van der Waals surface area (Å²) >= 11 is 0. The van der Waals surface area contributed by atoms with Crippen LogP contribution in [0.25, 0.3) is 0 Å². The fraction of sp³-hybridized carbons (Fsp3) is 0.167. The summed E-state index contributed by atoms with van der Waals surface area (Å²) < 4.78 is 79.7. The summed E-state index contributed by atoms with van der Waals surface area (Å²) in [5, 5.41) is -4.47. The Morgan fingerprint density at radius 1 is 1.29 bits per heavy atom. The molecule has 3 nitrogen and oxygen atoms in total. The van der Waals surface area contributed by atoms with E-state index in [9.17, 15) is 26.0 Å². The standard InChI is InChI=1S/C6H3F4O3S/c7-3-1-2-4(8)6(10,5(3)9)14(11,12)13/h1-2H,(H,11,12,13). The van der Waals surface area contributed by atoms with Crippen molar-refractivity contribution in [3.63, 3.8) is 0 Å². The second-order valence-electron chi connectivity index (χ2n) is 2.41. The molecule has 0 fully saturated rings. The molecule has 1 N–H and O–H groups in total. The van der Waals surface area contributed by atoms with Gasteiger partial charge in [-0.2, -0.15) is 8.42 Å². The monoisotopic (exact) mass is 231 g/mol. The third-order valence-electron chi connectivity index (χ3n) is 1.53. The van der Waals surface area contributed by atoms with Crippen molar-refractivity contribution in [1.82, 2.24) is 0 Å². The van der Waals surface area contributed by atoms with Crippen molar-refractivity contribution in [2.45, 2.75) is 5.00 Å². The minimum atomic E-state index is -5.76. The molecular weight excluding hydrogens is 228 g/mol. The van der Waals surface area contributed by atoms with E-state index in [2.05, 4.69) is 0 Å². The molecule has 1 aliphatic rings. The number of hydrogen-bond acceptors (Lipinski definition) is 2. The SMILES string of the molecule is O=S(=O)(O)C1(F)C(F)=C[CH]C(F)=C1F. The van der Waals surface area contributed by atoms with Crippen LogP contribution in [-0.2, 0) is 10.1 Å². The van der Waals surface area contributed by atoms with E-state index in [1.165, 1.54) is 0 Å². The molecule has 0 amide bonds. The Balaban J connectivity index is 3.46. The quantitative estimate of drug-likeness (QED) is 0.552. The summed E-state index contributed by atoms with van der Waals surface area (Å²) in [6.07, 6.45) is 0.278. The van der Waals surface area contributed by atoms with Crippen molar-refractivity contribution in [1.29, 1.82) is 0 Å². The van der Waals surface area contributed by atoms with E-state index < -0.39 is 32.6 Å². The largest absolute Gasteiger partial charge is 0.338 e. The average molecular weight is 231 g/mol. The lowest BCUT2D eigenvalue weighted by Crippen LogP contribution is -2.37. The molecule has 1 unspecified atom stereocenters. The van der Waals surface area contributed by atoms with Crippen LogP contribution in [0.2, 0.25) is 0 Å². The highest BCUT2D eigenvalue weighted by molar-refractivity contribution is 7.87. The molecule has 0 heterocycles. The molecule has 0 aliphatic heterocycles. The molecule has 1 aliphatic carbocycles. The maximum Gasteiger partial charge on any atom is 0.338 e. The van der Waals surface area contributed by atoms with Crippen LogP contribution in [0.4, 0.5) is 17.6 Å². The lowest BCUT2D eigenvalue weighted by molar-refractivity contribution is 0.237. The molecule has 79 valence electrons. The highest BCUT2D eigenvalue weighted by Crippen LogP contribution is 2.42. The van der Waals surface area contributed by atoms with Gasteiger partial charge in [-0.05, 0) is 6.08 Å². The molecule has 1 atom stereocenters. The summed E-state index contributed by atoms with van der Waals surface area (Å²) in [5.41, 5.74) is 0. The Morgan fingerprint density at radius 3 is 2.14 bits per heavy atom. The average Bonchev–Trinajstić information content (AvgIpc) is 2.06. The van der Waals surface area contributed by atoms with Crippen LogP contribution in [0.5, 0.6) is 0 Å². The topological polar surface area (TPSA) is 54.4 Å². The highest BCUT2D eigenvalue weighted by atomic mass is 32.2. The third kappa shape index (κ3) is 1.34. The first-order chi connectivity index (χ1) is 6.21. The number of halogens is 4. The summed E-state index contributed by atoms with van der Waals surface area (Å²) in [6, 6.07) is 0. The van der Waals surface area contributed by atoms with Crippen molar-refractivity contribution < 1.29 is 30.5 Å². The van der Waals surface area contributed by atoms with Gasteiger partial charge in [0, 0.05) is 6.42 Å². The van der Waals surface area contributed by atoms with Gasteiger partial charge in [0.05, 0.1) is 0 Å². The molecule has 0 bridgehead atoms. The lowest BCUT2D eigenvalue weighted by atomic mass is 10.1. The zero-order valence-corrected chi connectivity index (χ0v) is 7.16. The number of allylic oxidation sites excluding steroid dienone is 2. The van der Waals surface area contributed by atoms with Gasteiger partial charge in [0.15, 0.2) is 11.7 Å². The van der Waals surface area contributed by atoms with Gasteiger partial charge in [0.2, 0.25) is 0 Å². The predicted octanol–water partition coefficient (Wildman–Crippen LogP) is 1.76. The van der Waals surface area contributed by atoms with Crippen molar-refractivity contribution in [3.05, 3.63) is 30.0 Å².